The zero-order valence-electron chi connectivity index (χ0n) is 16.8. The molecule has 1 N–H and O–H groups in total. The largest absolute Gasteiger partial charge is 0.352 e. The van der Waals surface area contributed by atoms with E-state index < -0.39 is 10.0 Å². The van der Waals surface area contributed by atoms with E-state index in [9.17, 15) is 13.2 Å². The van der Waals surface area contributed by atoms with Gasteiger partial charge in [-0.25, -0.2) is 8.42 Å². The van der Waals surface area contributed by atoms with Crippen molar-refractivity contribution in [2.75, 3.05) is 17.9 Å². The van der Waals surface area contributed by atoms with Crippen LogP contribution in [0.25, 0.3) is 0 Å². The Morgan fingerprint density at radius 2 is 1.67 bits per heavy atom. The van der Waals surface area contributed by atoms with Crippen LogP contribution in [0.15, 0.2) is 77.7 Å². The van der Waals surface area contributed by atoms with E-state index in [1.807, 2.05) is 37.3 Å². The molecule has 3 aromatic carbocycles. The average molecular weight is 443 g/mol. The molecular formula is C23H23ClN2O3S. The maximum Gasteiger partial charge on any atom is 0.264 e. The molecule has 0 atom stereocenters. The summed E-state index contributed by atoms with van der Waals surface area (Å²) >= 11 is 6.21. The van der Waals surface area contributed by atoms with Crippen LogP contribution in [0.2, 0.25) is 5.02 Å². The van der Waals surface area contributed by atoms with Crippen LogP contribution < -0.4 is 9.62 Å². The Hall–Kier alpha value is -2.83. The summed E-state index contributed by atoms with van der Waals surface area (Å²) in [6.45, 7) is 2.34. The summed E-state index contributed by atoms with van der Waals surface area (Å²) in [5.41, 5.74) is 2.67. The first-order valence-electron chi connectivity index (χ1n) is 9.46. The minimum absolute atomic E-state index is 0.180. The molecule has 0 spiro atoms. The van der Waals surface area contributed by atoms with Crippen molar-refractivity contribution in [2.45, 2.75) is 18.2 Å². The van der Waals surface area contributed by atoms with Crippen LogP contribution in [0.5, 0.6) is 0 Å². The molecular weight excluding hydrogens is 420 g/mol. The number of rotatable bonds is 7. The van der Waals surface area contributed by atoms with Crippen molar-refractivity contribution < 1.29 is 13.2 Å². The third kappa shape index (κ3) is 5.01. The molecule has 0 saturated carbocycles. The number of halogens is 1. The monoisotopic (exact) mass is 442 g/mol. The number of amides is 1. The standard InChI is InChI=1S/C23H23ClN2O3S/c1-17-8-11-20(12-9-17)30(28,29)26(2)19-10-13-22(24)21(16-19)23(27)25-15-14-18-6-4-3-5-7-18/h3-13,16H,14-15H2,1-2H3,(H,25,27). The van der Waals surface area contributed by atoms with Crippen LogP contribution >= 0.6 is 11.6 Å². The van der Waals surface area contributed by atoms with Gasteiger partial charge in [0.25, 0.3) is 15.9 Å². The average Bonchev–Trinajstić information content (AvgIpc) is 2.74. The molecule has 0 fully saturated rings. The van der Waals surface area contributed by atoms with E-state index in [4.69, 9.17) is 11.6 Å². The maximum absolute atomic E-state index is 12.9. The van der Waals surface area contributed by atoms with Crippen molar-refractivity contribution in [3.8, 4) is 0 Å². The fraction of sp³-hybridized carbons (Fsp3) is 0.174. The van der Waals surface area contributed by atoms with Gasteiger partial charge in [0.2, 0.25) is 0 Å². The summed E-state index contributed by atoms with van der Waals surface area (Å²) in [5, 5.41) is 3.10. The van der Waals surface area contributed by atoms with Crippen LogP contribution in [-0.4, -0.2) is 27.9 Å². The Balaban J connectivity index is 1.76. The van der Waals surface area contributed by atoms with Crippen LogP contribution in [-0.2, 0) is 16.4 Å². The lowest BCUT2D eigenvalue weighted by Gasteiger charge is -2.20. The van der Waals surface area contributed by atoms with Gasteiger partial charge in [0.1, 0.15) is 0 Å². The van der Waals surface area contributed by atoms with Crippen LogP contribution in [0, 0.1) is 6.92 Å². The number of carbonyl (C=O) groups excluding carboxylic acids is 1. The molecule has 5 nitrogen and oxygen atoms in total. The second-order valence-electron chi connectivity index (χ2n) is 6.94. The number of nitrogens with one attached hydrogen (secondary N) is 1. The van der Waals surface area contributed by atoms with Crippen LogP contribution in [0.1, 0.15) is 21.5 Å². The molecule has 0 radical (unpaired) electrons. The number of carbonyl (C=O) groups is 1. The number of nitrogens with zero attached hydrogens (tertiary/aromatic N) is 1. The molecule has 0 heterocycles. The lowest BCUT2D eigenvalue weighted by atomic mass is 10.1. The Bertz CT molecular complexity index is 1130. The Morgan fingerprint density at radius 1 is 1.00 bits per heavy atom. The van der Waals surface area contributed by atoms with E-state index in [0.29, 0.717) is 18.7 Å². The number of hydrogen-bond donors (Lipinski definition) is 1. The SMILES string of the molecule is Cc1ccc(S(=O)(=O)N(C)c2ccc(Cl)c(C(=O)NCCc3ccccc3)c2)cc1. The smallest absolute Gasteiger partial charge is 0.264 e. The summed E-state index contributed by atoms with van der Waals surface area (Å²) in [4.78, 5) is 12.8. The molecule has 0 bridgehead atoms. The number of anilines is 1. The van der Waals surface area contributed by atoms with Crippen molar-refractivity contribution in [1.82, 2.24) is 5.32 Å². The van der Waals surface area contributed by atoms with Gasteiger partial charge in [-0.3, -0.25) is 9.10 Å². The third-order valence-corrected chi connectivity index (χ3v) is 6.91. The minimum Gasteiger partial charge on any atom is -0.352 e. The van der Waals surface area contributed by atoms with E-state index in [1.165, 1.54) is 19.2 Å². The summed E-state index contributed by atoms with van der Waals surface area (Å²) in [5.74, 6) is -0.348. The Kier molecular flexibility index (Phi) is 6.80. The fourth-order valence-electron chi connectivity index (χ4n) is 2.95. The highest BCUT2D eigenvalue weighted by Gasteiger charge is 2.22. The summed E-state index contributed by atoms with van der Waals surface area (Å²) in [6, 6.07) is 21.0. The van der Waals surface area contributed by atoms with E-state index >= 15 is 0 Å². The van der Waals surface area contributed by atoms with E-state index in [2.05, 4.69) is 5.32 Å². The Labute approximate surface area is 182 Å². The second kappa shape index (κ2) is 9.32. The van der Waals surface area contributed by atoms with Gasteiger partial charge in [-0.05, 0) is 49.2 Å². The van der Waals surface area contributed by atoms with Crippen molar-refractivity contribution in [3.63, 3.8) is 0 Å². The first-order chi connectivity index (χ1) is 14.3. The quantitative estimate of drug-likeness (QED) is 0.588. The predicted molar refractivity (Wildman–Crippen MR) is 121 cm³/mol. The molecule has 3 rings (SSSR count). The molecule has 0 aliphatic heterocycles. The second-order valence-corrected chi connectivity index (χ2v) is 9.32. The normalized spacial score (nSPS) is 11.2. The van der Waals surface area contributed by atoms with Gasteiger partial charge in [0.05, 0.1) is 21.2 Å². The van der Waals surface area contributed by atoms with Gasteiger partial charge in [-0.15, -0.1) is 0 Å². The van der Waals surface area contributed by atoms with Gasteiger partial charge >= 0.3 is 0 Å². The maximum atomic E-state index is 12.9. The van der Waals surface area contributed by atoms with Gasteiger partial charge < -0.3 is 5.32 Å². The summed E-state index contributed by atoms with van der Waals surface area (Å²) in [7, 11) is -2.30. The lowest BCUT2D eigenvalue weighted by molar-refractivity contribution is 0.0954. The molecule has 0 unspecified atom stereocenters. The molecule has 0 aromatic heterocycles. The molecule has 1 amide bonds. The highest BCUT2D eigenvalue weighted by molar-refractivity contribution is 7.92. The third-order valence-electron chi connectivity index (χ3n) is 4.78. The van der Waals surface area contributed by atoms with E-state index in [-0.39, 0.29) is 21.4 Å². The first kappa shape index (κ1) is 21.9. The topological polar surface area (TPSA) is 66.5 Å². The highest BCUT2D eigenvalue weighted by atomic mass is 35.5. The fourth-order valence-corrected chi connectivity index (χ4v) is 4.34. The first-order valence-corrected chi connectivity index (χ1v) is 11.3. The van der Waals surface area contributed by atoms with Gasteiger partial charge in [0.15, 0.2) is 0 Å². The number of hydrogen-bond acceptors (Lipinski definition) is 3. The van der Waals surface area contributed by atoms with Crippen LogP contribution in [0.4, 0.5) is 5.69 Å². The molecule has 3 aromatic rings. The van der Waals surface area contributed by atoms with Gasteiger partial charge in [0, 0.05) is 13.6 Å². The molecule has 30 heavy (non-hydrogen) atoms. The molecule has 0 saturated heterocycles. The predicted octanol–water partition coefficient (Wildman–Crippen LogP) is 4.45. The van der Waals surface area contributed by atoms with Crippen molar-refractivity contribution >= 4 is 33.2 Å². The number of sulfonamides is 1. The lowest BCUT2D eigenvalue weighted by Crippen LogP contribution is -2.28. The van der Waals surface area contributed by atoms with Gasteiger partial charge in [-0.1, -0.05) is 59.6 Å². The Morgan fingerprint density at radius 3 is 2.33 bits per heavy atom. The van der Waals surface area contributed by atoms with E-state index in [0.717, 1.165) is 15.4 Å². The molecule has 0 aliphatic carbocycles. The van der Waals surface area contributed by atoms with Crippen molar-refractivity contribution in [1.29, 1.82) is 0 Å². The van der Waals surface area contributed by atoms with Crippen molar-refractivity contribution in [3.05, 3.63) is 94.5 Å². The van der Waals surface area contributed by atoms with Crippen LogP contribution in [0.3, 0.4) is 0 Å². The summed E-state index contributed by atoms with van der Waals surface area (Å²) in [6.07, 6.45) is 0.686. The minimum atomic E-state index is -3.76. The zero-order valence-corrected chi connectivity index (χ0v) is 18.4. The number of aryl methyl sites for hydroxylation is 1. The molecule has 0 aliphatic rings. The van der Waals surface area contributed by atoms with Gasteiger partial charge in [-0.2, -0.15) is 0 Å². The molecule has 7 heteroatoms. The van der Waals surface area contributed by atoms with E-state index in [1.54, 1.807) is 30.3 Å². The zero-order chi connectivity index (χ0) is 21.7. The highest BCUT2D eigenvalue weighted by Crippen LogP contribution is 2.27. The molecule has 156 valence electrons. The van der Waals surface area contributed by atoms with Crippen molar-refractivity contribution in [2.24, 2.45) is 0 Å². The number of benzene rings is 3. The summed E-state index contributed by atoms with van der Waals surface area (Å²) < 4.78 is 27.0.